The highest BCUT2D eigenvalue weighted by molar-refractivity contribution is 6.00. The molecule has 35 heavy (non-hydrogen) atoms. The molecule has 8 nitrogen and oxygen atoms in total. The summed E-state index contributed by atoms with van der Waals surface area (Å²) in [6.07, 6.45) is 0. The van der Waals surface area contributed by atoms with Gasteiger partial charge in [0.2, 0.25) is 0 Å². The Kier molecular flexibility index (Phi) is 5.66. The van der Waals surface area contributed by atoms with Crippen molar-refractivity contribution < 1.29 is 27.8 Å². The van der Waals surface area contributed by atoms with E-state index >= 15 is 0 Å². The summed E-state index contributed by atoms with van der Waals surface area (Å²) in [6, 6.07) is 7.22. The maximum Gasteiger partial charge on any atom is 0.262 e. The van der Waals surface area contributed by atoms with E-state index in [0.29, 0.717) is 13.1 Å². The normalized spacial score (nSPS) is 15.2. The highest BCUT2D eigenvalue weighted by atomic mass is 19.1. The van der Waals surface area contributed by atoms with Crippen LogP contribution in [0.25, 0.3) is 11.1 Å². The van der Waals surface area contributed by atoms with E-state index < -0.39 is 17.5 Å². The van der Waals surface area contributed by atoms with Crippen molar-refractivity contribution in [2.24, 2.45) is 13.0 Å². The smallest absolute Gasteiger partial charge is 0.262 e. The number of carbonyl (C=O) groups is 2. The van der Waals surface area contributed by atoms with Gasteiger partial charge in [0.1, 0.15) is 11.6 Å². The minimum Gasteiger partial charge on any atom is -0.490 e. The number of nitrogens with zero attached hydrogens (tertiary/aromatic N) is 3. The van der Waals surface area contributed by atoms with Gasteiger partial charge >= 0.3 is 0 Å². The number of aryl methyl sites for hydroxylation is 2. The average Bonchev–Trinajstić information content (AvgIpc) is 3.04. The number of carbonyl (C=O) groups excluding carboxylic acids is 2. The predicted octanol–water partition coefficient (Wildman–Crippen LogP) is 3.46. The van der Waals surface area contributed by atoms with Gasteiger partial charge in [0, 0.05) is 43.4 Å². The van der Waals surface area contributed by atoms with Crippen LogP contribution in [0.15, 0.2) is 30.3 Å². The molecule has 0 atom stereocenters. The summed E-state index contributed by atoms with van der Waals surface area (Å²) >= 11 is 0. The molecule has 2 amide bonds. The molecule has 182 valence electrons. The van der Waals surface area contributed by atoms with Gasteiger partial charge in [-0.05, 0) is 37.6 Å². The maximum atomic E-state index is 14.7. The molecule has 2 aromatic carbocycles. The van der Waals surface area contributed by atoms with Crippen LogP contribution < -0.4 is 14.8 Å². The van der Waals surface area contributed by atoms with E-state index in [1.54, 1.807) is 16.8 Å². The Labute approximate surface area is 200 Å². The van der Waals surface area contributed by atoms with Gasteiger partial charge in [-0.2, -0.15) is 5.10 Å². The Balaban J connectivity index is 1.19. The van der Waals surface area contributed by atoms with Crippen molar-refractivity contribution in [2.75, 3.05) is 31.6 Å². The molecule has 3 aromatic rings. The first-order chi connectivity index (χ1) is 16.7. The second-order valence-electron chi connectivity index (χ2n) is 8.87. The lowest BCUT2D eigenvalue weighted by Crippen LogP contribution is -2.52. The van der Waals surface area contributed by atoms with Gasteiger partial charge in [-0.1, -0.05) is 6.07 Å². The zero-order chi connectivity index (χ0) is 24.9. The number of benzene rings is 2. The van der Waals surface area contributed by atoms with Gasteiger partial charge in [-0.25, -0.2) is 8.78 Å². The lowest BCUT2D eigenvalue weighted by Gasteiger charge is -2.39. The average molecular weight is 482 g/mol. The minimum atomic E-state index is -0.717. The molecule has 0 bridgehead atoms. The molecule has 1 fully saturated rings. The number of halogens is 2. The number of amides is 2. The number of hydrogen-bond acceptors (Lipinski definition) is 5. The summed E-state index contributed by atoms with van der Waals surface area (Å²) in [4.78, 5) is 25.7. The molecular formula is C25H24F2N4O4. The number of ether oxygens (including phenoxy) is 2. The first-order valence-corrected chi connectivity index (χ1v) is 11.2. The van der Waals surface area contributed by atoms with Crippen molar-refractivity contribution in [3.05, 3.63) is 58.9 Å². The number of rotatable bonds is 5. The second kappa shape index (κ2) is 8.68. The van der Waals surface area contributed by atoms with Crippen LogP contribution in [0.5, 0.6) is 11.5 Å². The molecule has 1 saturated heterocycles. The predicted molar refractivity (Wildman–Crippen MR) is 123 cm³/mol. The van der Waals surface area contributed by atoms with Crippen LogP contribution in [-0.2, 0) is 11.8 Å². The van der Waals surface area contributed by atoms with Crippen LogP contribution in [0.4, 0.5) is 14.5 Å². The molecule has 1 N–H and O–H groups in total. The zero-order valence-corrected chi connectivity index (χ0v) is 19.5. The number of nitrogens with one attached hydrogen (secondary N) is 1. The van der Waals surface area contributed by atoms with Crippen molar-refractivity contribution in [1.82, 2.24) is 14.7 Å². The van der Waals surface area contributed by atoms with E-state index in [9.17, 15) is 18.4 Å². The van der Waals surface area contributed by atoms with Gasteiger partial charge in [0.15, 0.2) is 18.2 Å². The number of anilines is 1. The second-order valence-corrected chi connectivity index (χ2v) is 8.87. The SMILES string of the molecule is Cc1nn(C)c(C)c1-c1ccc(OCC2CN(C(=O)c3cc4c(cc3F)OCC(=O)N4)C2)c(F)c1. The van der Waals surface area contributed by atoms with Crippen LogP contribution in [-0.4, -0.2) is 52.8 Å². The van der Waals surface area contributed by atoms with Crippen molar-refractivity contribution in [3.8, 4) is 22.6 Å². The fraction of sp³-hybridized carbons (Fsp3) is 0.320. The quantitative estimate of drug-likeness (QED) is 0.602. The summed E-state index contributed by atoms with van der Waals surface area (Å²) in [5, 5.41) is 6.94. The van der Waals surface area contributed by atoms with Gasteiger partial charge in [-0.3, -0.25) is 14.3 Å². The standard InChI is InChI=1S/C25H24F2N4O4/c1-13-24(14(2)30(3)29-13)16-4-5-21(19(27)6-16)34-11-15-9-31(10-15)25(33)17-7-20-22(8-18(17)26)35-12-23(32)28-20/h4-8,15H,9-12H2,1-3H3,(H,28,32). The van der Waals surface area contributed by atoms with Crippen molar-refractivity contribution in [1.29, 1.82) is 0 Å². The van der Waals surface area contributed by atoms with E-state index in [1.165, 1.54) is 17.0 Å². The Morgan fingerprint density at radius 1 is 1.20 bits per heavy atom. The minimum absolute atomic E-state index is 0.00966. The summed E-state index contributed by atoms with van der Waals surface area (Å²) in [5.74, 6) is -1.73. The zero-order valence-electron chi connectivity index (χ0n) is 19.5. The molecule has 1 aromatic heterocycles. The Hall–Kier alpha value is -3.95. The fourth-order valence-corrected chi connectivity index (χ4v) is 4.45. The van der Waals surface area contributed by atoms with E-state index in [-0.39, 0.29) is 47.8 Å². The number of fused-ring (bicyclic) bond motifs is 1. The summed E-state index contributed by atoms with van der Waals surface area (Å²) < 4.78 is 41.8. The van der Waals surface area contributed by atoms with Crippen molar-refractivity contribution in [3.63, 3.8) is 0 Å². The Morgan fingerprint density at radius 3 is 2.66 bits per heavy atom. The van der Waals surface area contributed by atoms with Gasteiger partial charge in [0.05, 0.1) is 23.6 Å². The van der Waals surface area contributed by atoms with Gasteiger partial charge in [-0.15, -0.1) is 0 Å². The molecule has 0 radical (unpaired) electrons. The molecule has 0 aliphatic carbocycles. The van der Waals surface area contributed by atoms with E-state index in [2.05, 4.69) is 10.4 Å². The van der Waals surface area contributed by atoms with Crippen molar-refractivity contribution in [2.45, 2.75) is 13.8 Å². The third-order valence-electron chi connectivity index (χ3n) is 6.38. The lowest BCUT2D eigenvalue weighted by atomic mass is 9.99. The third-order valence-corrected chi connectivity index (χ3v) is 6.38. The van der Waals surface area contributed by atoms with Crippen LogP contribution >= 0.6 is 0 Å². The highest BCUT2D eigenvalue weighted by Crippen LogP contribution is 2.33. The highest BCUT2D eigenvalue weighted by Gasteiger charge is 2.34. The van der Waals surface area contributed by atoms with E-state index in [1.807, 2.05) is 20.9 Å². The molecular weight excluding hydrogens is 458 g/mol. The fourth-order valence-electron chi connectivity index (χ4n) is 4.45. The summed E-state index contributed by atoms with van der Waals surface area (Å²) in [7, 11) is 1.85. The summed E-state index contributed by atoms with van der Waals surface area (Å²) in [5.41, 5.74) is 3.51. The van der Waals surface area contributed by atoms with Crippen LogP contribution in [0.2, 0.25) is 0 Å². The van der Waals surface area contributed by atoms with E-state index in [4.69, 9.17) is 9.47 Å². The largest absolute Gasteiger partial charge is 0.490 e. The maximum absolute atomic E-state index is 14.7. The number of likely N-dealkylation sites (tertiary alicyclic amines) is 1. The first-order valence-electron chi connectivity index (χ1n) is 11.2. The van der Waals surface area contributed by atoms with E-state index in [0.717, 1.165) is 28.6 Å². The van der Waals surface area contributed by atoms with Gasteiger partial charge < -0.3 is 19.7 Å². The Bertz CT molecular complexity index is 1350. The van der Waals surface area contributed by atoms with Crippen LogP contribution in [0.1, 0.15) is 21.7 Å². The lowest BCUT2D eigenvalue weighted by molar-refractivity contribution is -0.118. The Morgan fingerprint density at radius 2 is 1.97 bits per heavy atom. The van der Waals surface area contributed by atoms with Gasteiger partial charge in [0.25, 0.3) is 11.8 Å². The van der Waals surface area contributed by atoms with Crippen LogP contribution in [0.3, 0.4) is 0 Å². The molecule has 0 unspecified atom stereocenters. The molecule has 3 heterocycles. The molecule has 0 saturated carbocycles. The monoisotopic (exact) mass is 482 g/mol. The third kappa shape index (κ3) is 4.20. The van der Waals surface area contributed by atoms with Crippen molar-refractivity contribution >= 4 is 17.5 Å². The molecule has 0 spiro atoms. The molecule has 2 aliphatic heterocycles. The topological polar surface area (TPSA) is 85.7 Å². The molecule has 10 heteroatoms. The molecule has 5 rings (SSSR count). The first kappa shape index (κ1) is 22.8. The summed E-state index contributed by atoms with van der Waals surface area (Å²) in [6.45, 7) is 4.55. The van der Waals surface area contributed by atoms with Crippen LogP contribution in [0, 0.1) is 31.4 Å². The number of aromatic nitrogens is 2. The molecule has 2 aliphatic rings. The number of hydrogen-bond donors (Lipinski definition) is 1.